The average Bonchev–Trinajstić information content (AvgIpc) is 3.82. The van der Waals surface area contributed by atoms with Gasteiger partial charge in [0.15, 0.2) is 0 Å². The van der Waals surface area contributed by atoms with Crippen LogP contribution in [0.2, 0.25) is 0 Å². The highest BCUT2D eigenvalue weighted by Gasteiger charge is 2.21. The van der Waals surface area contributed by atoms with Gasteiger partial charge in [-0.15, -0.1) is 0 Å². The van der Waals surface area contributed by atoms with Crippen molar-refractivity contribution < 1.29 is 0 Å². The van der Waals surface area contributed by atoms with Crippen molar-refractivity contribution in [1.82, 2.24) is 19.1 Å². The van der Waals surface area contributed by atoms with Gasteiger partial charge in [0.05, 0.1) is 44.5 Å². The molecule has 0 saturated heterocycles. The summed E-state index contributed by atoms with van der Waals surface area (Å²) >= 11 is 0. The number of para-hydroxylation sites is 3. The summed E-state index contributed by atoms with van der Waals surface area (Å²) in [7, 11) is 0. The molecule has 3 heterocycles. The van der Waals surface area contributed by atoms with Gasteiger partial charge in [0.2, 0.25) is 0 Å². The first-order valence-corrected chi connectivity index (χ1v) is 19.8. The quantitative estimate of drug-likeness (QED) is 0.165. The zero-order valence-corrected chi connectivity index (χ0v) is 31.4. The highest BCUT2D eigenvalue weighted by molar-refractivity contribution is 6.29. The fourth-order valence-corrected chi connectivity index (χ4v) is 9.08. The van der Waals surface area contributed by atoms with Gasteiger partial charge in [0.25, 0.3) is 0 Å². The van der Waals surface area contributed by atoms with Crippen LogP contribution in [0.1, 0.15) is 0 Å². The van der Waals surface area contributed by atoms with E-state index in [1.54, 1.807) is 0 Å². The van der Waals surface area contributed by atoms with Gasteiger partial charge in [-0.25, -0.2) is 9.97 Å². The van der Waals surface area contributed by atoms with Crippen LogP contribution in [0.5, 0.6) is 0 Å². The summed E-state index contributed by atoms with van der Waals surface area (Å²) in [6, 6.07) is 73.6. The first-order chi connectivity index (χ1) is 28.8. The SMILES string of the molecule is c1ccc(-c2nc3ccc4cc(-c5ccc6c(c5)c5c7c8ccccc8n(-c8ccccc8)c7ccc5n6-c5ccccc5)ccc4c3nc2-c2ccccc2)cc1. The lowest BCUT2D eigenvalue weighted by molar-refractivity contribution is 1.17. The van der Waals surface area contributed by atoms with Crippen LogP contribution in [-0.4, -0.2) is 19.1 Å². The van der Waals surface area contributed by atoms with Crippen molar-refractivity contribution in [3.8, 4) is 45.0 Å². The summed E-state index contributed by atoms with van der Waals surface area (Å²) in [6.07, 6.45) is 0. The fourth-order valence-electron chi connectivity index (χ4n) is 9.08. The Morgan fingerprint density at radius 2 is 0.810 bits per heavy atom. The Hall–Kier alpha value is -7.82. The largest absolute Gasteiger partial charge is 0.309 e. The molecular formula is C54H34N4. The zero-order valence-electron chi connectivity index (χ0n) is 31.4. The number of nitrogens with zero attached hydrogens (tertiary/aromatic N) is 4. The van der Waals surface area contributed by atoms with Crippen LogP contribution in [0.25, 0.3) is 110 Å². The summed E-state index contributed by atoms with van der Waals surface area (Å²) in [6.45, 7) is 0. The summed E-state index contributed by atoms with van der Waals surface area (Å²) in [5.74, 6) is 0. The number of fused-ring (bicyclic) bond motifs is 10. The van der Waals surface area contributed by atoms with Gasteiger partial charge in [-0.1, -0.05) is 140 Å². The molecule has 0 aliphatic rings. The molecule has 0 N–H and O–H groups in total. The molecule has 0 atom stereocenters. The molecule has 0 amide bonds. The van der Waals surface area contributed by atoms with E-state index in [-0.39, 0.29) is 0 Å². The summed E-state index contributed by atoms with van der Waals surface area (Å²) in [5.41, 5.74) is 15.0. The normalized spacial score (nSPS) is 11.8. The van der Waals surface area contributed by atoms with Crippen molar-refractivity contribution >= 4 is 65.4 Å². The van der Waals surface area contributed by atoms with Crippen LogP contribution >= 0.6 is 0 Å². The molecule has 270 valence electrons. The molecule has 9 aromatic carbocycles. The van der Waals surface area contributed by atoms with Crippen molar-refractivity contribution in [2.24, 2.45) is 0 Å². The second kappa shape index (κ2) is 12.9. The van der Waals surface area contributed by atoms with E-state index in [1.807, 2.05) is 12.1 Å². The van der Waals surface area contributed by atoms with Crippen LogP contribution in [0.15, 0.2) is 206 Å². The van der Waals surface area contributed by atoms with Crippen LogP contribution in [-0.2, 0) is 0 Å². The van der Waals surface area contributed by atoms with Crippen molar-refractivity contribution in [3.63, 3.8) is 0 Å². The molecule has 12 rings (SSSR count). The van der Waals surface area contributed by atoms with Gasteiger partial charge in [-0.3, -0.25) is 0 Å². The number of hydrogen-bond acceptors (Lipinski definition) is 2. The van der Waals surface area contributed by atoms with Crippen molar-refractivity contribution in [3.05, 3.63) is 206 Å². The monoisotopic (exact) mass is 738 g/mol. The molecule has 58 heavy (non-hydrogen) atoms. The van der Waals surface area contributed by atoms with Crippen molar-refractivity contribution in [2.45, 2.75) is 0 Å². The van der Waals surface area contributed by atoms with E-state index in [0.29, 0.717) is 0 Å². The Morgan fingerprint density at radius 1 is 0.310 bits per heavy atom. The Kier molecular flexibility index (Phi) is 7.20. The molecule has 0 aliphatic carbocycles. The van der Waals surface area contributed by atoms with Crippen molar-refractivity contribution in [1.29, 1.82) is 0 Å². The second-order valence-electron chi connectivity index (χ2n) is 15.0. The van der Waals surface area contributed by atoms with Crippen LogP contribution in [0.3, 0.4) is 0 Å². The minimum absolute atomic E-state index is 0.882. The standard InChI is InChI=1S/C54H34N4/c1-5-15-35(16-6-1)52-53(36-17-7-2-8-18-36)56-54-42-28-25-37(33-39(42)26-29-45(54)55-52)38-27-30-47-44(34-38)51-49(58(47)41-21-11-4-12-22-41)32-31-48-50(51)43-23-13-14-24-46(43)57(48)40-19-9-3-10-20-40/h1-34H. The van der Waals surface area contributed by atoms with E-state index in [1.165, 1.54) is 49.2 Å². The van der Waals surface area contributed by atoms with Crippen LogP contribution in [0.4, 0.5) is 0 Å². The summed E-state index contributed by atoms with van der Waals surface area (Å²) < 4.78 is 4.82. The lowest BCUT2D eigenvalue weighted by Gasteiger charge is -2.13. The number of benzene rings is 9. The van der Waals surface area contributed by atoms with E-state index in [0.717, 1.165) is 61.3 Å². The molecule has 0 aliphatic heterocycles. The molecule has 12 aromatic rings. The van der Waals surface area contributed by atoms with Gasteiger partial charge >= 0.3 is 0 Å². The minimum atomic E-state index is 0.882. The summed E-state index contributed by atoms with van der Waals surface area (Å²) in [5, 5.41) is 7.21. The molecular weight excluding hydrogens is 705 g/mol. The van der Waals surface area contributed by atoms with Gasteiger partial charge in [0.1, 0.15) is 0 Å². The van der Waals surface area contributed by atoms with E-state index in [4.69, 9.17) is 9.97 Å². The lowest BCUT2D eigenvalue weighted by Crippen LogP contribution is -1.96. The highest BCUT2D eigenvalue weighted by Crippen LogP contribution is 2.44. The third-order valence-corrected chi connectivity index (χ3v) is 11.7. The van der Waals surface area contributed by atoms with Gasteiger partial charge in [-0.05, 0) is 83.2 Å². The summed E-state index contributed by atoms with van der Waals surface area (Å²) in [4.78, 5) is 10.6. The maximum Gasteiger partial charge on any atom is 0.0973 e. The second-order valence-corrected chi connectivity index (χ2v) is 15.0. The molecule has 0 radical (unpaired) electrons. The predicted octanol–water partition coefficient (Wildman–Crippen LogP) is 14.0. The first-order valence-electron chi connectivity index (χ1n) is 19.8. The molecule has 0 spiro atoms. The Bertz CT molecular complexity index is 3530. The van der Waals surface area contributed by atoms with Gasteiger partial charge in [0, 0.05) is 49.4 Å². The van der Waals surface area contributed by atoms with Crippen LogP contribution in [0, 0.1) is 0 Å². The van der Waals surface area contributed by atoms with E-state index in [9.17, 15) is 0 Å². The fraction of sp³-hybridized carbons (Fsp3) is 0. The smallest absolute Gasteiger partial charge is 0.0973 e. The van der Waals surface area contributed by atoms with Gasteiger partial charge < -0.3 is 9.13 Å². The predicted molar refractivity (Wildman–Crippen MR) is 242 cm³/mol. The van der Waals surface area contributed by atoms with Crippen LogP contribution < -0.4 is 0 Å². The molecule has 0 bridgehead atoms. The third-order valence-electron chi connectivity index (χ3n) is 11.7. The van der Waals surface area contributed by atoms with E-state index >= 15 is 0 Å². The Morgan fingerprint density at radius 3 is 1.47 bits per heavy atom. The molecule has 3 aromatic heterocycles. The lowest BCUT2D eigenvalue weighted by atomic mass is 9.97. The maximum atomic E-state index is 5.37. The van der Waals surface area contributed by atoms with Gasteiger partial charge in [-0.2, -0.15) is 0 Å². The Balaban J connectivity index is 1.09. The highest BCUT2D eigenvalue weighted by atomic mass is 15.0. The third kappa shape index (κ3) is 4.95. The topological polar surface area (TPSA) is 35.6 Å². The van der Waals surface area contributed by atoms with Crippen molar-refractivity contribution in [2.75, 3.05) is 0 Å². The average molecular weight is 739 g/mol. The molecule has 4 heteroatoms. The minimum Gasteiger partial charge on any atom is -0.309 e. The van der Waals surface area contributed by atoms with E-state index < -0.39 is 0 Å². The zero-order chi connectivity index (χ0) is 38.2. The Labute approximate surface area is 334 Å². The molecule has 4 nitrogen and oxygen atoms in total. The first kappa shape index (κ1) is 32.4. The molecule has 0 saturated carbocycles. The number of aromatic nitrogens is 4. The number of rotatable bonds is 5. The molecule has 0 unspecified atom stereocenters. The molecule has 0 fully saturated rings. The van der Waals surface area contributed by atoms with E-state index in [2.05, 4.69) is 203 Å². The number of hydrogen-bond donors (Lipinski definition) is 0. The maximum absolute atomic E-state index is 5.37.